The van der Waals surface area contributed by atoms with E-state index in [2.05, 4.69) is 6.92 Å². The molecule has 3 aliphatic rings. The maximum absolute atomic E-state index is 12.9. The second-order valence-electron chi connectivity index (χ2n) is 9.84. The largest absolute Gasteiger partial charge is 0.507 e. The van der Waals surface area contributed by atoms with E-state index in [1.807, 2.05) is 24.3 Å². The van der Waals surface area contributed by atoms with Crippen molar-refractivity contribution in [2.45, 2.75) is 57.5 Å². The minimum absolute atomic E-state index is 0.0337. The number of ketones is 1. The van der Waals surface area contributed by atoms with Gasteiger partial charge < -0.3 is 10.2 Å². The Balaban J connectivity index is 1.45. The first-order chi connectivity index (χ1) is 14.9. The van der Waals surface area contributed by atoms with Crippen molar-refractivity contribution in [2.75, 3.05) is 0 Å². The Morgan fingerprint density at radius 3 is 2.77 bits per heavy atom. The summed E-state index contributed by atoms with van der Waals surface area (Å²) in [5.41, 5.74) is 3.58. The van der Waals surface area contributed by atoms with E-state index >= 15 is 0 Å². The molecule has 0 aliphatic heterocycles. The van der Waals surface area contributed by atoms with Gasteiger partial charge in [0.2, 0.25) is 0 Å². The monoisotopic (exact) mass is 436 g/mol. The fourth-order valence-electron chi connectivity index (χ4n) is 6.64. The second-order valence-corrected chi connectivity index (χ2v) is 10.2. The number of phenolic OH excluding ortho intramolecular Hbond substituents is 1. The summed E-state index contributed by atoms with van der Waals surface area (Å²) < 4.78 is 0. The van der Waals surface area contributed by atoms with Crippen LogP contribution in [0.1, 0.15) is 72.0 Å². The predicted octanol–water partition coefficient (Wildman–Crippen LogP) is 6.16. The van der Waals surface area contributed by atoms with E-state index < -0.39 is 0 Å². The van der Waals surface area contributed by atoms with E-state index in [1.54, 1.807) is 18.2 Å². The first-order valence-corrected chi connectivity index (χ1v) is 11.8. The number of fused-ring (bicyclic) bond motifs is 5. The van der Waals surface area contributed by atoms with Crippen molar-refractivity contribution in [3.8, 4) is 5.75 Å². The van der Waals surface area contributed by atoms with Gasteiger partial charge in [0.15, 0.2) is 5.78 Å². The summed E-state index contributed by atoms with van der Waals surface area (Å²) in [4.78, 5) is 12.9. The summed E-state index contributed by atoms with van der Waals surface area (Å²) in [7, 11) is 0. The van der Waals surface area contributed by atoms with E-state index in [0.29, 0.717) is 28.3 Å². The highest BCUT2D eigenvalue weighted by Crippen LogP contribution is 2.61. The molecule has 3 nitrogen and oxygen atoms in total. The van der Waals surface area contributed by atoms with Crippen LogP contribution in [-0.4, -0.2) is 22.1 Å². The number of aliphatic hydroxyl groups is 1. The molecule has 2 fully saturated rings. The van der Waals surface area contributed by atoms with Crippen molar-refractivity contribution in [3.63, 3.8) is 0 Å². The van der Waals surface area contributed by atoms with Crippen LogP contribution < -0.4 is 0 Å². The van der Waals surface area contributed by atoms with E-state index in [0.717, 1.165) is 44.1 Å². The lowest BCUT2D eigenvalue weighted by Crippen LogP contribution is -2.43. The van der Waals surface area contributed by atoms with Gasteiger partial charge in [-0.05, 0) is 109 Å². The summed E-state index contributed by atoms with van der Waals surface area (Å²) in [6, 6.07) is 11.1. The van der Waals surface area contributed by atoms with E-state index in [1.165, 1.54) is 17.2 Å². The molecule has 162 valence electrons. The number of rotatable bonds is 3. The number of aryl methyl sites for hydroxylation is 1. The Hall–Kier alpha value is -2.10. The third kappa shape index (κ3) is 3.43. The molecule has 2 N–H and O–H groups in total. The van der Waals surface area contributed by atoms with Crippen LogP contribution in [0.25, 0.3) is 6.08 Å². The second kappa shape index (κ2) is 7.79. The van der Waals surface area contributed by atoms with Gasteiger partial charge in [0, 0.05) is 5.02 Å². The Bertz CT molecular complexity index is 1060. The Labute approximate surface area is 188 Å². The molecular formula is C27H29ClO3. The maximum atomic E-state index is 12.9. The van der Waals surface area contributed by atoms with Gasteiger partial charge in [0.05, 0.1) is 11.7 Å². The molecule has 0 spiro atoms. The number of aromatic hydroxyl groups is 1. The highest BCUT2D eigenvalue weighted by molar-refractivity contribution is 6.32. The highest BCUT2D eigenvalue weighted by atomic mass is 35.5. The number of allylic oxidation sites excluding steroid dienone is 1. The van der Waals surface area contributed by atoms with Gasteiger partial charge in [-0.1, -0.05) is 36.7 Å². The van der Waals surface area contributed by atoms with Crippen LogP contribution in [0.4, 0.5) is 0 Å². The van der Waals surface area contributed by atoms with E-state index in [9.17, 15) is 15.0 Å². The van der Waals surface area contributed by atoms with E-state index in [4.69, 9.17) is 11.6 Å². The fourth-order valence-corrected chi connectivity index (χ4v) is 6.84. The van der Waals surface area contributed by atoms with Gasteiger partial charge in [-0.2, -0.15) is 0 Å². The van der Waals surface area contributed by atoms with Crippen LogP contribution in [-0.2, 0) is 6.42 Å². The minimum atomic E-state index is -0.209. The lowest BCUT2D eigenvalue weighted by Gasteiger charge is -2.50. The van der Waals surface area contributed by atoms with Gasteiger partial charge in [-0.3, -0.25) is 4.79 Å². The molecule has 31 heavy (non-hydrogen) atoms. The summed E-state index contributed by atoms with van der Waals surface area (Å²) in [5, 5.41) is 21.8. The van der Waals surface area contributed by atoms with Gasteiger partial charge >= 0.3 is 0 Å². The van der Waals surface area contributed by atoms with Crippen LogP contribution in [0.2, 0.25) is 5.02 Å². The lowest BCUT2D eigenvalue weighted by molar-refractivity contribution is -0.0226. The molecule has 5 atom stereocenters. The molecule has 0 unspecified atom stereocenters. The van der Waals surface area contributed by atoms with Crippen molar-refractivity contribution in [3.05, 3.63) is 69.8 Å². The molecule has 3 aliphatic carbocycles. The Morgan fingerprint density at radius 2 is 1.97 bits per heavy atom. The van der Waals surface area contributed by atoms with Crippen LogP contribution in [0, 0.1) is 17.3 Å². The van der Waals surface area contributed by atoms with Crippen LogP contribution in [0.3, 0.4) is 0 Å². The summed E-state index contributed by atoms with van der Waals surface area (Å²) in [6.45, 7) is 2.27. The van der Waals surface area contributed by atoms with Crippen molar-refractivity contribution >= 4 is 23.5 Å². The third-order valence-corrected chi connectivity index (χ3v) is 8.72. The first-order valence-electron chi connectivity index (χ1n) is 11.4. The Morgan fingerprint density at radius 1 is 1.16 bits per heavy atom. The third-order valence-electron chi connectivity index (χ3n) is 8.38. The zero-order valence-electron chi connectivity index (χ0n) is 17.9. The van der Waals surface area contributed by atoms with Gasteiger partial charge in [0.25, 0.3) is 0 Å². The van der Waals surface area contributed by atoms with Crippen LogP contribution in [0.5, 0.6) is 5.75 Å². The van der Waals surface area contributed by atoms with Crippen LogP contribution >= 0.6 is 11.6 Å². The number of hydrogen-bond donors (Lipinski definition) is 2. The quantitative estimate of drug-likeness (QED) is 0.447. The van der Waals surface area contributed by atoms with Gasteiger partial charge in [0.1, 0.15) is 5.75 Å². The Kier molecular flexibility index (Phi) is 5.22. The van der Waals surface area contributed by atoms with Crippen molar-refractivity contribution in [2.24, 2.45) is 17.3 Å². The topological polar surface area (TPSA) is 57.5 Å². The number of carbonyl (C=O) groups excluding carboxylic acids is 1. The average molecular weight is 437 g/mol. The molecule has 4 heteroatoms. The van der Waals surface area contributed by atoms with Gasteiger partial charge in [-0.25, -0.2) is 0 Å². The molecule has 0 amide bonds. The number of halogens is 1. The molecule has 0 saturated heterocycles. The minimum Gasteiger partial charge on any atom is -0.507 e. The number of aliphatic hydroxyl groups excluding tert-OH is 1. The zero-order chi connectivity index (χ0) is 21.8. The zero-order valence-corrected chi connectivity index (χ0v) is 18.6. The van der Waals surface area contributed by atoms with Crippen LogP contribution in [0.15, 0.2) is 42.5 Å². The number of phenols is 1. The molecule has 0 heterocycles. The number of carbonyl (C=O) groups is 1. The standard InChI is InChI=1S/C27H29ClO3/c1-27-13-12-18-19(22(27)9-11-26(27)31)8-6-17-14-25(30)21(15-20(17)18)24(29)10-7-16-4-2-3-5-23(16)28/h2-5,7,10,14-15,18-19,22,26,30-31H,6,8-9,11-13H2,1H3/b10-7+/t18-,19+,22-,26-,27-/m0/s1. The molecule has 2 aromatic carbocycles. The molecule has 2 aromatic rings. The molecular weight excluding hydrogens is 408 g/mol. The highest BCUT2D eigenvalue weighted by Gasteiger charge is 2.54. The molecule has 5 rings (SSSR count). The summed E-state index contributed by atoms with van der Waals surface area (Å²) in [5.74, 6) is 1.35. The van der Waals surface area contributed by atoms with Crippen molar-refractivity contribution in [1.29, 1.82) is 0 Å². The van der Waals surface area contributed by atoms with Crippen molar-refractivity contribution < 1.29 is 15.0 Å². The average Bonchev–Trinajstić information content (AvgIpc) is 3.07. The molecule has 0 bridgehead atoms. The first kappa shape index (κ1) is 20.8. The fraction of sp³-hybridized carbons (Fsp3) is 0.444. The van der Waals surface area contributed by atoms with Gasteiger partial charge in [-0.15, -0.1) is 0 Å². The smallest absolute Gasteiger partial charge is 0.189 e. The number of benzene rings is 2. The normalized spacial score (nSPS) is 31.8. The maximum Gasteiger partial charge on any atom is 0.189 e. The number of hydrogen-bond acceptors (Lipinski definition) is 3. The lowest BCUT2D eigenvalue weighted by atomic mass is 9.55. The summed E-state index contributed by atoms with van der Waals surface area (Å²) in [6.07, 6.45) is 9.10. The summed E-state index contributed by atoms with van der Waals surface area (Å²) >= 11 is 6.19. The molecule has 2 saturated carbocycles. The molecule has 0 radical (unpaired) electrons. The van der Waals surface area contributed by atoms with E-state index in [-0.39, 0.29) is 23.1 Å². The predicted molar refractivity (Wildman–Crippen MR) is 124 cm³/mol. The van der Waals surface area contributed by atoms with Crippen molar-refractivity contribution in [1.82, 2.24) is 0 Å². The SMILES string of the molecule is C[C@]12CC[C@@H]3c4cc(C(=O)/C=C/c5ccccc5Cl)c(O)cc4CC[C@H]3[C@@H]1CC[C@@H]2O. The molecule has 0 aromatic heterocycles.